The summed E-state index contributed by atoms with van der Waals surface area (Å²) in [6, 6.07) is 5.08. The SMILES string of the molecule is CS(=O)(=O)c1ccc(-n2cc(C(F)(F)F)nc2C=O)cc1. The first kappa shape index (κ1) is 15.2. The summed E-state index contributed by atoms with van der Waals surface area (Å²) in [5, 5.41) is 0. The van der Waals surface area contributed by atoms with Crippen LogP contribution in [-0.4, -0.2) is 30.5 Å². The van der Waals surface area contributed by atoms with Crippen molar-refractivity contribution in [1.29, 1.82) is 0 Å². The fraction of sp³-hybridized carbons (Fsp3) is 0.167. The van der Waals surface area contributed by atoms with E-state index in [-0.39, 0.29) is 16.9 Å². The number of benzene rings is 1. The number of halogens is 3. The van der Waals surface area contributed by atoms with Crippen molar-refractivity contribution in [2.45, 2.75) is 11.1 Å². The number of aromatic nitrogens is 2. The zero-order valence-corrected chi connectivity index (χ0v) is 11.4. The summed E-state index contributed by atoms with van der Waals surface area (Å²) in [6.45, 7) is 0. The first-order chi connectivity index (χ1) is 9.63. The molecule has 0 spiro atoms. The Morgan fingerprint density at radius 1 is 1.19 bits per heavy atom. The molecular weight excluding hydrogens is 309 g/mol. The third-order valence-electron chi connectivity index (χ3n) is 2.67. The quantitative estimate of drug-likeness (QED) is 0.813. The summed E-state index contributed by atoms with van der Waals surface area (Å²) >= 11 is 0. The third kappa shape index (κ3) is 3.13. The molecule has 21 heavy (non-hydrogen) atoms. The van der Waals surface area contributed by atoms with Gasteiger partial charge in [0.25, 0.3) is 0 Å². The fourth-order valence-corrected chi connectivity index (χ4v) is 2.31. The molecule has 0 unspecified atom stereocenters. The van der Waals surface area contributed by atoms with Crippen LogP contribution in [0.1, 0.15) is 16.3 Å². The van der Waals surface area contributed by atoms with Crippen LogP contribution in [0.15, 0.2) is 35.4 Å². The molecule has 0 aliphatic rings. The lowest BCUT2D eigenvalue weighted by Gasteiger charge is -2.05. The minimum Gasteiger partial charge on any atom is -0.297 e. The zero-order valence-electron chi connectivity index (χ0n) is 10.6. The Kier molecular flexibility index (Phi) is 3.62. The molecule has 1 aromatic carbocycles. The van der Waals surface area contributed by atoms with Gasteiger partial charge in [0.15, 0.2) is 27.6 Å². The molecule has 0 bridgehead atoms. The van der Waals surface area contributed by atoms with Crippen molar-refractivity contribution in [3.05, 3.63) is 42.0 Å². The van der Waals surface area contributed by atoms with Gasteiger partial charge in [-0.15, -0.1) is 0 Å². The fourth-order valence-electron chi connectivity index (χ4n) is 1.68. The van der Waals surface area contributed by atoms with E-state index in [1.165, 1.54) is 24.3 Å². The summed E-state index contributed by atoms with van der Waals surface area (Å²) in [4.78, 5) is 14.0. The average Bonchev–Trinajstić information content (AvgIpc) is 2.81. The molecule has 1 heterocycles. The van der Waals surface area contributed by atoms with E-state index in [0.29, 0.717) is 6.20 Å². The van der Waals surface area contributed by atoms with Gasteiger partial charge >= 0.3 is 6.18 Å². The highest BCUT2D eigenvalue weighted by Crippen LogP contribution is 2.29. The number of imidazole rings is 1. The van der Waals surface area contributed by atoms with Crippen LogP contribution < -0.4 is 0 Å². The molecule has 112 valence electrons. The van der Waals surface area contributed by atoms with Crippen LogP contribution in [0.25, 0.3) is 5.69 Å². The highest BCUT2D eigenvalue weighted by Gasteiger charge is 2.34. The second kappa shape index (κ2) is 4.99. The molecule has 2 aromatic rings. The van der Waals surface area contributed by atoms with E-state index >= 15 is 0 Å². The van der Waals surface area contributed by atoms with E-state index in [1.54, 1.807) is 0 Å². The second-order valence-electron chi connectivity index (χ2n) is 4.24. The average molecular weight is 318 g/mol. The van der Waals surface area contributed by atoms with Gasteiger partial charge in [0.2, 0.25) is 0 Å². The smallest absolute Gasteiger partial charge is 0.297 e. The van der Waals surface area contributed by atoms with Crippen molar-refractivity contribution in [3.63, 3.8) is 0 Å². The second-order valence-corrected chi connectivity index (χ2v) is 6.25. The van der Waals surface area contributed by atoms with Crippen molar-refractivity contribution in [2.24, 2.45) is 0 Å². The highest BCUT2D eigenvalue weighted by atomic mass is 32.2. The molecule has 5 nitrogen and oxygen atoms in total. The molecule has 0 fully saturated rings. The van der Waals surface area contributed by atoms with E-state index in [2.05, 4.69) is 4.98 Å². The van der Waals surface area contributed by atoms with Gasteiger partial charge in [-0.1, -0.05) is 0 Å². The Hall–Kier alpha value is -2.16. The van der Waals surface area contributed by atoms with Gasteiger partial charge in [0.05, 0.1) is 4.90 Å². The topological polar surface area (TPSA) is 69.0 Å². The molecule has 0 atom stereocenters. The van der Waals surface area contributed by atoms with Crippen molar-refractivity contribution in [2.75, 3.05) is 6.26 Å². The third-order valence-corrected chi connectivity index (χ3v) is 3.80. The number of aldehydes is 1. The normalized spacial score (nSPS) is 12.4. The largest absolute Gasteiger partial charge is 0.434 e. The van der Waals surface area contributed by atoms with Crippen LogP contribution >= 0.6 is 0 Å². The van der Waals surface area contributed by atoms with Crippen molar-refractivity contribution >= 4 is 16.1 Å². The molecule has 0 radical (unpaired) electrons. The van der Waals surface area contributed by atoms with Crippen LogP contribution in [0, 0.1) is 0 Å². The van der Waals surface area contributed by atoms with E-state index in [1.807, 2.05) is 0 Å². The summed E-state index contributed by atoms with van der Waals surface area (Å²) in [6.07, 6.45) is -2.79. The number of nitrogens with zero attached hydrogens (tertiary/aromatic N) is 2. The Morgan fingerprint density at radius 2 is 1.76 bits per heavy atom. The van der Waals surface area contributed by atoms with E-state index in [4.69, 9.17) is 0 Å². The van der Waals surface area contributed by atoms with Gasteiger partial charge in [-0.05, 0) is 24.3 Å². The molecule has 9 heteroatoms. The van der Waals surface area contributed by atoms with Gasteiger partial charge in [0, 0.05) is 18.1 Å². The number of hydrogen-bond acceptors (Lipinski definition) is 4. The monoisotopic (exact) mass is 318 g/mol. The molecule has 2 rings (SSSR count). The van der Waals surface area contributed by atoms with Gasteiger partial charge in [-0.25, -0.2) is 13.4 Å². The lowest BCUT2D eigenvalue weighted by molar-refractivity contribution is -0.140. The molecule has 1 aromatic heterocycles. The maximum Gasteiger partial charge on any atom is 0.434 e. The minimum absolute atomic E-state index is 0.0232. The summed E-state index contributed by atoms with van der Waals surface area (Å²) in [7, 11) is -3.41. The number of alkyl halides is 3. The van der Waals surface area contributed by atoms with Gasteiger partial charge in [-0.3, -0.25) is 9.36 Å². The van der Waals surface area contributed by atoms with Crippen LogP contribution in [-0.2, 0) is 16.0 Å². The van der Waals surface area contributed by atoms with Crippen LogP contribution in [0.2, 0.25) is 0 Å². The van der Waals surface area contributed by atoms with E-state index < -0.39 is 27.5 Å². The van der Waals surface area contributed by atoms with Crippen molar-refractivity contribution in [1.82, 2.24) is 9.55 Å². The maximum absolute atomic E-state index is 12.6. The number of hydrogen-bond donors (Lipinski definition) is 0. The number of carbonyl (C=O) groups excluding carboxylic acids is 1. The summed E-state index contributed by atoms with van der Waals surface area (Å²) in [5.74, 6) is -0.422. The molecule has 0 aliphatic heterocycles. The Bertz CT molecular complexity index is 777. The molecule has 0 amide bonds. The van der Waals surface area contributed by atoms with Gasteiger partial charge in [0.1, 0.15) is 0 Å². The van der Waals surface area contributed by atoms with Crippen molar-refractivity contribution < 1.29 is 26.4 Å². The summed E-state index contributed by atoms with van der Waals surface area (Å²) < 4.78 is 61.3. The predicted octanol–water partition coefficient (Wildman–Crippen LogP) is 2.11. The maximum atomic E-state index is 12.6. The number of rotatable bonds is 3. The van der Waals surface area contributed by atoms with Gasteiger partial charge < -0.3 is 0 Å². The van der Waals surface area contributed by atoms with Crippen LogP contribution in [0.3, 0.4) is 0 Å². The lowest BCUT2D eigenvalue weighted by Crippen LogP contribution is -2.05. The Labute approximate surface area is 118 Å². The van der Waals surface area contributed by atoms with Crippen molar-refractivity contribution in [3.8, 4) is 5.69 Å². The first-order valence-corrected chi connectivity index (χ1v) is 7.44. The standard InChI is InChI=1S/C12H9F3N2O3S/c1-21(19,20)9-4-2-8(3-5-9)17-6-10(12(13,14)15)16-11(17)7-18/h2-7H,1H3. The molecule has 0 saturated heterocycles. The summed E-state index contributed by atoms with van der Waals surface area (Å²) in [5.41, 5.74) is -0.996. The first-order valence-electron chi connectivity index (χ1n) is 5.55. The number of carbonyl (C=O) groups is 1. The highest BCUT2D eigenvalue weighted by molar-refractivity contribution is 7.90. The predicted molar refractivity (Wildman–Crippen MR) is 67.1 cm³/mol. The molecular formula is C12H9F3N2O3S. The Morgan fingerprint density at radius 3 is 2.19 bits per heavy atom. The van der Waals surface area contributed by atoms with Gasteiger partial charge in [-0.2, -0.15) is 13.2 Å². The molecule has 0 saturated carbocycles. The molecule has 0 aliphatic carbocycles. The van der Waals surface area contributed by atoms with Crippen LogP contribution in [0.4, 0.5) is 13.2 Å². The Balaban J connectivity index is 2.52. The molecule has 0 N–H and O–H groups in total. The number of sulfone groups is 1. The van der Waals surface area contributed by atoms with E-state index in [0.717, 1.165) is 10.8 Å². The zero-order chi connectivity index (χ0) is 15.8. The van der Waals surface area contributed by atoms with Crippen LogP contribution in [0.5, 0.6) is 0 Å². The van der Waals surface area contributed by atoms with E-state index in [9.17, 15) is 26.4 Å². The minimum atomic E-state index is -4.67. The lowest BCUT2D eigenvalue weighted by atomic mass is 10.3.